The van der Waals surface area contributed by atoms with Crippen molar-refractivity contribution in [2.24, 2.45) is 5.92 Å². The van der Waals surface area contributed by atoms with Gasteiger partial charge in [-0.3, -0.25) is 9.69 Å². The second kappa shape index (κ2) is 7.60. The Hall–Kier alpha value is -2.32. The van der Waals surface area contributed by atoms with Crippen molar-refractivity contribution in [3.05, 3.63) is 47.3 Å². The van der Waals surface area contributed by atoms with Gasteiger partial charge in [0.05, 0.1) is 18.7 Å². The van der Waals surface area contributed by atoms with Crippen LogP contribution in [0.2, 0.25) is 0 Å². The Bertz CT molecular complexity index is 868. The lowest BCUT2D eigenvalue weighted by Gasteiger charge is -2.31. The van der Waals surface area contributed by atoms with E-state index in [0.717, 1.165) is 17.2 Å². The average Bonchev–Trinajstić information content (AvgIpc) is 3.23. The summed E-state index contributed by atoms with van der Waals surface area (Å²) < 4.78 is 15.6. The topological polar surface area (TPSA) is 74.5 Å². The molecular weight excluding hydrogens is 361 g/mol. The third kappa shape index (κ3) is 3.66. The smallest absolute Gasteiger partial charge is 0.225 e. The highest BCUT2D eigenvalue weighted by atomic mass is 19.1. The zero-order chi connectivity index (χ0) is 19.8. The van der Waals surface area contributed by atoms with Gasteiger partial charge in [-0.05, 0) is 24.1 Å². The number of rotatable bonds is 4. The molecule has 28 heavy (non-hydrogen) atoms. The fraction of sp³-hybridized carbons (Fsp3) is 0.550. The molecular formula is C20H26FN5O2. The van der Waals surface area contributed by atoms with E-state index in [2.05, 4.69) is 19.7 Å². The molecule has 0 aliphatic carbocycles. The minimum absolute atomic E-state index is 0.0410. The molecule has 0 spiro atoms. The number of hydrogen-bond acceptors (Lipinski definition) is 5. The molecule has 2 atom stereocenters. The van der Waals surface area contributed by atoms with Gasteiger partial charge in [0.1, 0.15) is 5.82 Å². The summed E-state index contributed by atoms with van der Waals surface area (Å²) in [4.78, 5) is 16.2. The maximum atomic E-state index is 13.5. The van der Waals surface area contributed by atoms with Gasteiger partial charge in [0.25, 0.3) is 0 Å². The number of halogens is 1. The van der Waals surface area contributed by atoms with Crippen LogP contribution in [0.5, 0.6) is 0 Å². The highest BCUT2D eigenvalue weighted by molar-refractivity contribution is 5.78. The molecule has 0 saturated carbocycles. The van der Waals surface area contributed by atoms with Gasteiger partial charge in [0, 0.05) is 32.1 Å². The minimum Gasteiger partial charge on any atom is -0.392 e. The van der Waals surface area contributed by atoms with Crippen molar-refractivity contribution >= 4 is 5.91 Å². The third-order valence-electron chi connectivity index (χ3n) is 5.54. The van der Waals surface area contributed by atoms with Crippen molar-refractivity contribution in [1.29, 1.82) is 0 Å². The molecule has 0 radical (unpaired) electrons. The summed E-state index contributed by atoms with van der Waals surface area (Å²) in [6.07, 6.45) is 0.122. The summed E-state index contributed by atoms with van der Waals surface area (Å²) in [7, 11) is 0. The number of aliphatic hydroxyl groups is 1. The van der Waals surface area contributed by atoms with E-state index in [9.17, 15) is 14.3 Å². The van der Waals surface area contributed by atoms with Crippen LogP contribution < -0.4 is 0 Å². The van der Waals surface area contributed by atoms with Crippen molar-refractivity contribution in [3.8, 4) is 0 Å². The molecule has 3 heterocycles. The number of β-amino-alcohol motifs (C(OH)–C–C–N with tert-alkyl or cyclic N) is 1. The van der Waals surface area contributed by atoms with Crippen molar-refractivity contribution in [1.82, 2.24) is 24.6 Å². The molecule has 2 aromatic rings. The number of hydrogen-bond donors (Lipinski definition) is 1. The van der Waals surface area contributed by atoms with Crippen LogP contribution in [0.15, 0.2) is 24.3 Å². The number of carbonyl (C=O) groups excluding carboxylic acids is 1. The van der Waals surface area contributed by atoms with Gasteiger partial charge in [0.15, 0.2) is 11.6 Å². The Morgan fingerprint density at radius 3 is 2.89 bits per heavy atom. The SMILES string of the molecule is CC(C)C(=O)N1CCn2c(nnc2[C@@H]2C[C@H](O)CN2Cc2cccc(F)c2)C1. The summed E-state index contributed by atoms with van der Waals surface area (Å²) in [5.41, 5.74) is 0.867. The first-order valence-electron chi connectivity index (χ1n) is 9.79. The van der Waals surface area contributed by atoms with Gasteiger partial charge in [-0.2, -0.15) is 0 Å². The van der Waals surface area contributed by atoms with Crippen molar-refractivity contribution in [2.45, 2.75) is 52.0 Å². The highest BCUT2D eigenvalue weighted by Crippen LogP contribution is 2.33. The number of amides is 1. The summed E-state index contributed by atoms with van der Waals surface area (Å²) in [5.74, 6) is 1.42. The van der Waals surface area contributed by atoms with Crippen molar-refractivity contribution in [3.63, 3.8) is 0 Å². The lowest BCUT2D eigenvalue weighted by atomic mass is 10.1. The predicted molar refractivity (Wildman–Crippen MR) is 100 cm³/mol. The van der Waals surface area contributed by atoms with Crippen LogP contribution in [0.1, 0.15) is 43.5 Å². The van der Waals surface area contributed by atoms with E-state index in [4.69, 9.17) is 0 Å². The Morgan fingerprint density at radius 2 is 2.14 bits per heavy atom. The average molecular weight is 387 g/mol. The quantitative estimate of drug-likeness (QED) is 0.865. The molecule has 0 bridgehead atoms. The maximum Gasteiger partial charge on any atom is 0.225 e. The molecule has 2 aliphatic heterocycles. The van der Waals surface area contributed by atoms with Crippen LogP contribution in [0.3, 0.4) is 0 Å². The van der Waals surface area contributed by atoms with E-state index in [1.807, 2.05) is 24.8 Å². The van der Waals surface area contributed by atoms with E-state index < -0.39 is 6.10 Å². The molecule has 4 rings (SSSR count). The molecule has 8 heteroatoms. The molecule has 1 amide bonds. The number of carbonyl (C=O) groups is 1. The zero-order valence-corrected chi connectivity index (χ0v) is 16.3. The third-order valence-corrected chi connectivity index (χ3v) is 5.54. The number of aromatic nitrogens is 3. The summed E-state index contributed by atoms with van der Waals surface area (Å²) in [6, 6.07) is 6.47. The fourth-order valence-electron chi connectivity index (χ4n) is 4.17. The first kappa shape index (κ1) is 19.0. The lowest BCUT2D eigenvalue weighted by Crippen LogP contribution is -2.41. The predicted octanol–water partition coefficient (Wildman–Crippen LogP) is 1.72. The molecule has 150 valence electrons. The van der Waals surface area contributed by atoms with Crippen LogP contribution in [0, 0.1) is 11.7 Å². The van der Waals surface area contributed by atoms with Gasteiger partial charge < -0.3 is 14.6 Å². The molecule has 0 unspecified atom stereocenters. The normalized spacial score (nSPS) is 22.7. The number of nitrogens with zero attached hydrogens (tertiary/aromatic N) is 5. The number of aliphatic hydroxyl groups excluding tert-OH is 1. The highest BCUT2D eigenvalue weighted by Gasteiger charge is 2.37. The summed E-state index contributed by atoms with van der Waals surface area (Å²) >= 11 is 0. The number of benzene rings is 1. The van der Waals surface area contributed by atoms with Crippen molar-refractivity contribution in [2.75, 3.05) is 13.1 Å². The molecule has 1 aromatic heterocycles. The molecule has 7 nitrogen and oxygen atoms in total. The summed E-state index contributed by atoms with van der Waals surface area (Å²) in [6.45, 7) is 6.60. The van der Waals surface area contributed by atoms with E-state index >= 15 is 0 Å². The lowest BCUT2D eigenvalue weighted by molar-refractivity contribution is -0.136. The molecule has 1 N–H and O–H groups in total. The first-order valence-corrected chi connectivity index (χ1v) is 9.79. The monoisotopic (exact) mass is 387 g/mol. The van der Waals surface area contributed by atoms with Crippen LogP contribution in [0.4, 0.5) is 4.39 Å². The summed E-state index contributed by atoms with van der Waals surface area (Å²) in [5, 5.41) is 19.0. The van der Waals surface area contributed by atoms with Gasteiger partial charge in [-0.25, -0.2) is 4.39 Å². The van der Waals surface area contributed by atoms with E-state index in [-0.39, 0.29) is 23.7 Å². The minimum atomic E-state index is -0.450. The van der Waals surface area contributed by atoms with Crippen molar-refractivity contribution < 1.29 is 14.3 Å². The second-order valence-corrected chi connectivity index (χ2v) is 8.01. The Labute approximate surface area is 163 Å². The van der Waals surface area contributed by atoms with Crippen LogP contribution in [-0.2, 0) is 24.4 Å². The van der Waals surface area contributed by atoms with Crippen LogP contribution in [0.25, 0.3) is 0 Å². The van der Waals surface area contributed by atoms with Gasteiger partial charge in [-0.1, -0.05) is 26.0 Å². The standard InChI is InChI=1S/C20H26FN5O2/c1-13(2)20(28)24-6-7-26-18(12-24)22-23-19(26)17-9-16(27)11-25(17)10-14-4-3-5-15(21)8-14/h3-5,8,13,16-17,27H,6-7,9-12H2,1-2H3/t16-,17-/m0/s1. The molecule has 1 saturated heterocycles. The van der Waals surface area contributed by atoms with Gasteiger partial charge in [-0.15, -0.1) is 10.2 Å². The maximum absolute atomic E-state index is 13.5. The molecule has 2 aliphatic rings. The zero-order valence-electron chi connectivity index (χ0n) is 16.3. The Balaban J connectivity index is 1.54. The van der Waals surface area contributed by atoms with Gasteiger partial charge >= 0.3 is 0 Å². The van der Waals surface area contributed by atoms with Gasteiger partial charge in [0.2, 0.25) is 5.91 Å². The molecule has 1 fully saturated rings. The van der Waals surface area contributed by atoms with E-state index in [1.165, 1.54) is 12.1 Å². The van der Waals surface area contributed by atoms with Crippen LogP contribution in [-0.4, -0.2) is 54.8 Å². The fourth-order valence-corrected chi connectivity index (χ4v) is 4.17. The number of likely N-dealkylation sites (tertiary alicyclic amines) is 1. The van der Waals surface area contributed by atoms with E-state index in [1.54, 1.807) is 6.07 Å². The molecule has 1 aromatic carbocycles. The largest absolute Gasteiger partial charge is 0.392 e. The first-order chi connectivity index (χ1) is 13.4. The number of fused-ring (bicyclic) bond motifs is 1. The second-order valence-electron chi connectivity index (χ2n) is 8.01. The Morgan fingerprint density at radius 1 is 1.32 bits per heavy atom. The van der Waals surface area contributed by atoms with Crippen LogP contribution >= 0.6 is 0 Å². The Kier molecular flexibility index (Phi) is 5.16. The van der Waals surface area contributed by atoms with E-state index in [0.29, 0.717) is 39.1 Å².